The normalized spacial score (nSPS) is 11.2. The molecular formula is C15H13F3N2O4. The Labute approximate surface area is 134 Å². The molecule has 1 aromatic heterocycles. The quantitative estimate of drug-likeness (QED) is 0.861. The van der Waals surface area contributed by atoms with Crippen LogP contribution in [-0.2, 0) is 17.5 Å². The van der Waals surface area contributed by atoms with Gasteiger partial charge in [-0.1, -0.05) is 0 Å². The fourth-order valence-electron chi connectivity index (χ4n) is 1.88. The van der Waals surface area contributed by atoms with E-state index in [0.29, 0.717) is 5.69 Å². The minimum atomic E-state index is -4.60. The number of aromatic nitrogens is 2. The molecular weight excluding hydrogens is 329 g/mol. The van der Waals surface area contributed by atoms with E-state index in [1.165, 1.54) is 19.2 Å². The summed E-state index contributed by atoms with van der Waals surface area (Å²) in [5.41, 5.74) is -0.685. The predicted molar refractivity (Wildman–Crippen MR) is 75.5 cm³/mol. The van der Waals surface area contributed by atoms with Crippen molar-refractivity contribution in [1.82, 2.24) is 9.97 Å². The monoisotopic (exact) mass is 342 g/mol. The highest BCUT2D eigenvalue weighted by Gasteiger charge is 2.31. The SMILES string of the molecule is COC(=O)c1cc(C)nc(Oc2cc(CO)cc(C(F)(F)F)c2)n1. The number of aryl methyl sites for hydroxylation is 1. The number of methoxy groups -OCH3 is 1. The first kappa shape index (κ1) is 17.7. The second-order valence-electron chi connectivity index (χ2n) is 4.79. The van der Waals surface area contributed by atoms with Crippen molar-refractivity contribution in [3.63, 3.8) is 0 Å². The number of hydrogen-bond donors (Lipinski definition) is 1. The van der Waals surface area contributed by atoms with Gasteiger partial charge in [0.05, 0.1) is 19.3 Å². The van der Waals surface area contributed by atoms with Crippen molar-refractivity contribution in [2.24, 2.45) is 0 Å². The topological polar surface area (TPSA) is 81.5 Å². The number of hydrogen-bond acceptors (Lipinski definition) is 6. The van der Waals surface area contributed by atoms with E-state index in [9.17, 15) is 18.0 Å². The molecule has 1 aromatic carbocycles. The van der Waals surface area contributed by atoms with Gasteiger partial charge in [0.1, 0.15) is 5.75 Å². The van der Waals surface area contributed by atoms with E-state index in [-0.39, 0.29) is 23.0 Å². The Bertz CT molecular complexity index is 763. The van der Waals surface area contributed by atoms with Crippen molar-refractivity contribution < 1.29 is 32.5 Å². The Hall–Kier alpha value is -2.68. The van der Waals surface area contributed by atoms with Crippen molar-refractivity contribution in [2.45, 2.75) is 19.7 Å². The maximum Gasteiger partial charge on any atom is 0.416 e. The van der Waals surface area contributed by atoms with Crippen LogP contribution in [0.1, 0.15) is 27.3 Å². The predicted octanol–water partition coefficient (Wildman–Crippen LogP) is 2.88. The largest absolute Gasteiger partial charge is 0.464 e. The Balaban J connectivity index is 2.40. The van der Waals surface area contributed by atoms with Crippen LogP contribution in [0.15, 0.2) is 24.3 Å². The molecule has 0 atom stereocenters. The molecule has 0 spiro atoms. The van der Waals surface area contributed by atoms with Crippen LogP contribution in [0.3, 0.4) is 0 Å². The number of ether oxygens (including phenoxy) is 2. The Kier molecular flexibility index (Phi) is 5.03. The van der Waals surface area contributed by atoms with Gasteiger partial charge in [0.2, 0.25) is 0 Å². The van der Waals surface area contributed by atoms with Crippen molar-refractivity contribution in [1.29, 1.82) is 0 Å². The molecule has 0 radical (unpaired) electrons. The van der Waals surface area contributed by atoms with Gasteiger partial charge in [0, 0.05) is 5.69 Å². The first-order chi connectivity index (χ1) is 11.2. The molecule has 2 rings (SSSR count). The number of carbonyl (C=O) groups excluding carboxylic acids is 1. The van der Waals surface area contributed by atoms with Crippen molar-refractivity contribution in [3.8, 4) is 11.8 Å². The molecule has 0 unspecified atom stereocenters. The molecule has 2 aromatic rings. The average molecular weight is 342 g/mol. The third-order valence-electron chi connectivity index (χ3n) is 2.91. The molecule has 0 aliphatic carbocycles. The molecule has 128 valence electrons. The summed E-state index contributed by atoms with van der Waals surface area (Å²) in [5.74, 6) is -0.944. The highest BCUT2D eigenvalue weighted by molar-refractivity contribution is 5.87. The number of rotatable bonds is 4. The van der Waals surface area contributed by atoms with E-state index in [1.54, 1.807) is 6.92 Å². The van der Waals surface area contributed by atoms with Gasteiger partial charge in [-0.2, -0.15) is 18.2 Å². The summed E-state index contributed by atoms with van der Waals surface area (Å²) in [5, 5.41) is 9.10. The van der Waals surface area contributed by atoms with Crippen LogP contribution in [0.2, 0.25) is 0 Å². The zero-order valence-corrected chi connectivity index (χ0v) is 12.7. The second-order valence-corrected chi connectivity index (χ2v) is 4.79. The van der Waals surface area contributed by atoms with Gasteiger partial charge in [-0.05, 0) is 36.8 Å². The lowest BCUT2D eigenvalue weighted by molar-refractivity contribution is -0.137. The van der Waals surface area contributed by atoms with Gasteiger partial charge in [-0.15, -0.1) is 0 Å². The summed E-state index contributed by atoms with van der Waals surface area (Å²) in [6.45, 7) is 0.967. The molecule has 0 saturated heterocycles. The maximum absolute atomic E-state index is 12.9. The summed E-state index contributed by atoms with van der Waals surface area (Å²) in [7, 11) is 1.17. The third-order valence-corrected chi connectivity index (χ3v) is 2.91. The molecule has 24 heavy (non-hydrogen) atoms. The molecule has 0 fully saturated rings. The zero-order valence-electron chi connectivity index (χ0n) is 12.7. The number of aliphatic hydroxyl groups is 1. The fraction of sp³-hybridized carbons (Fsp3) is 0.267. The van der Waals surface area contributed by atoms with Crippen LogP contribution in [-0.4, -0.2) is 28.2 Å². The third kappa shape index (κ3) is 4.19. The summed E-state index contributed by atoms with van der Waals surface area (Å²) in [6.07, 6.45) is -4.60. The molecule has 1 heterocycles. The van der Waals surface area contributed by atoms with Gasteiger partial charge in [-0.25, -0.2) is 9.78 Å². The van der Waals surface area contributed by atoms with Crippen LogP contribution in [0.5, 0.6) is 11.8 Å². The number of carbonyl (C=O) groups is 1. The van der Waals surface area contributed by atoms with Gasteiger partial charge in [0.15, 0.2) is 5.69 Å². The molecule has 0 aliphatic heterocycles. The molecule has 1 N–H and O–H groups in total. The van der Waals surface area contributed by atoms with Crippen molar-refractivity contribution >= 4 is 5.97 Å². The van der Waals surface area contributed by atoms with Crippen molar-refractivity contribution in [2.75, 3.05) is 7.11 Å². The van der Waals surface area contributed by atoms with Gasteiger partial charge >= 0.3 is 18.2 Å². The van der Waals surface area contributed by atoms with E-state index >= 15 is 0 Å². The molecule has 0 aliphatic rings. The number of aliphatic hydroxyl groups excluding tert-OH is 1. The highest BCUT2D eigenvalue weighted by atomic mass is 19.4. The second kappa shape index (κ2) is 6.83. The van der Waals surface area contributed by atoms with E-state index in [2.05, 4.69) is 14.7 Å². The van der Waals surface area contributed by atoms with Gasteiger partial charge in [-0.3, -0.25) is 0 Å². The Morgan fingerprint density at radius 3 is 2.50 bits per heavy atom. The van der Waals surface area contributed by atoms with E-state index in [1.807, 2.05) is 0 Å². The van der Waals surface area contributed by atoms with Crippen LogP contribution in [0, 0.1) is 6.92 Å². The molecule has 0 amide bonds. The summed E-state index contributed by atoms with van der Waals surface area (Å²) in [6, 6.07) is 3.83. The van der Waals surface area contributed by atoms with Crippen LogP contribution >= 0.6 is 0 Å². The lowest BCUT2D eigenvalue weighted by atomic mass is 10.1. The van der Waals surface area contributed by atoms with Gasteiger partial charge < -0.3 is 14.6 Å². The van der Waals surface area contributed by atoms with E-state index in [4.69, 9.17) is 9.84 Å². The Morgan fingerprint density at radius 1 is 1.21 bits per heavy atom. The standard InChI is InChI=1S/C15H13F3N2O4/c1-8-3-12(13(22)23-2)20-14(19-8)24-11-5-9(7-21)4-10(6-11)15(16,17)18/h3-6,21H,7H2,1-2H3. The minimum Gasteiger partial charge on any atom is -0.464 e. The lowest BCUT2D eigenvalue weighted by Crippen LogP contribution is -2.08. The number of alkyl halides is 3. The average Bonchev–Trinajstić information content (AvgIpc) is 2.52. The van der Waals surface area contributed by atoms with Crippen LogP contribution in [0.25, 0.3) is 0 Å². The maximum atomic E-state index is 12.9. The smallest absolute Gasteiger partial charge is 0.416 e. The summed E-state index contributed by atoms with van der Waals surface area (Å²) in [4.78, 5) is 19.2. The highest BCUT2D eigenvalue weighted by Crippen LogP contribution is 2.33. The van der Waals surface area contributed by atoms with E-state index in [0.717, 1.165) is 12.1 Å². The van der Waals surface area contributed by atoms with Gasteiger partial charge in [0.25, 0.3) is 0 Å². The summed E-state index contributed by atoms with van der Waals surface area (Å²) >= 11 is 0. The van der Waals surface area contributed by atoms with E-state index < -0.39 is 24.3 Å². The minimum absolute atomic E-state index is 0.0145. The summed E-state index contributed by atoms with van der Waals surface area (Å²) < 4.78 is 48.4. The van der Waals surface area contributed by atoms with Crippen LogP contribution < -0.4 is 4.74 Å². The molecule has 6 nitrogen and oxygen atoms in total. The number of esters is 1. The fourth-order valence-corrected chi connectivity index (χ4v) is 1.88. The number of halogens is 3. The molecule has 0 saturated carbocycles. The number of nitrogens with zero attached hydrogens (tertiary/aromatic N) is 2. The lowest BCUT2D eigenvalue weighted by Gasteiger charge is -2.12. The number of benzene rings is 1. The molecule has 0 bridgehead atoms. The van der Waals surface area contributed by atoms with Crippen LogP contribution in [0.4, 0.5) is 13.2 Å². The first-order valence-electron chi connectivity index (χ1n) is 6.67. The zero-order chi connectivity index (χ0) is 17.9. The van der Waals surface area contributed by atoms with Crippen molar-refractivity contribution in [3.05, 3.63) is 46.8 Å². The Morgan fingerprint density at radius 2 is 1.92 bits per heavy atom. The molecule has 9 heteroatoms. The first-order valence-corrected chi connectivity index (χ1v) is 6.67.